The fourth-order valence-electron chi connectivity index (χ4n) is 1.35. The molecular weight excluding hydrogens is 202 g/mol. The van der Waals surface area contributed by atoms with Gasteiger partial charge in [-0.25, -0.2) is 0 Å². The van der Waals surface area contributed by atoms with E-state index in [1.807, 2.05) is 31.2 Å². The Bertz CT molecular complexity index is 336. The number of benzene rings is 1. The number of hydrogen-bond acceptors (Lipinski definition) is 2. The second-order valence-electron chi connectivity index (χ2n) is 3.64. The van der Waals surface area contributed by atoms with Gasteiger partial charge in [0.2, 0.25) is 5.91 Å². The first-order valence-electron chi connectivity index (χ1n) is 5.79. The maximum atomic E-state index is 11.5. The zero-order chi connectivity index (χ0) is 11.8. The lowest BCUT2D eigenvalue weighted by molar-refractivity contribution is -0.116. The molecule has 1 aromatic rings. The molecule has 0 unspecified atom stereocenters. The molecule has 0 atom stereocenters. The quantitative estimate of drug-likeness (QED) is 0.801. The van der Waals surface area contributed by atoms with E-state index in [0.29, 0.717) is 13.0 Å². The zero-order valence-corrected chi connectivity index (χ0v) is 9.95. The van der Waals surface area contributed by atoms with E-state index in [2.05, 4.69) is 12.2 Å². The minimum Gasteiger partial charge on any atom is -0.491 e. The summed E-state index contributed by atoms with van der Waals surface area (Å²) in [7, 11) is 0. The first-order chi connectivity index (χ1) is 7.77. The van der Waals surface area contributed by atoms with E-state index < -0.39 is 0 Å². The molecule has 1 N–H and O–H groups in total. The number of para-hydroxylation sites is 2. The fourth-order valence-corrected chi connectivity index (χ4v) is 1.35. The number of nitrogens with one attached hydrogen (secondary N) is 1. The minimum atomic E-state index is 0.0371. The highest BCUT2D eigenvalue weighted by atomic mass is 16.5. The summed E-state index contributed by atoms with van der Waals surface area (Å²) in [4.78, 5) is 11.5. The predicted molar refractivity (Wildman–Crippen MR) is 65.8 cm³/mol. The Morgan fingerprint density at radius 1 is 1.25 bits per heavy atom. The van der Waals surface area contributed by atoms with Gasteiger partial charge < -0.3 is 10.1 Å². The SMILES string of the molecule is CCCOc1ccccc1NC(=O)CCC. The van der Waals surface area contributed by atoms with Crippen LogP contribution in [0.1, 0.15) is 33.1 Å². The highest BCUT2D eigenvalue weighted by Gasteiger charge is 2.05. The highest BCUT2D eigenvalue weighted by molar-refractivity contribution is 5.92. The van der Waals surface area contributed by atoms with Crippen molar-refractivity contribution in [2.45, 2.75) is 33.1 Å². The topological polar surface area (TPSA) is 38.3 Å². The summed E-state index contributed by atoms with van der Waals surface area (Å²) < 4.78 is 5.55. The van der Waals surface area contributed by atoms with Crippen molar-refractivity contribution in [1.82, 2.24) is 0 Å². The zero-order valence-electron chi connectivity index (χ0n) is 9.95. The molecule has 16 heavy (non-hydrogen) atoms. The van der Waals surface area contributed by atoms with Crippen LogP contribution in [0.3, 0.4) is 0 Å². The molecule has 0 saturated heterocycles. The molecule has 0 aliphatic rings. The Morgan fingerprint density at radius 2 is 2.00 bits per heavy atom. The van der Waals surface area contributed by atoms with Crippen molar-refractivity contribution in [2.24, 2.45) is 0 Å². The maximum Gasteiger partial charge on any atom is 0.224 e. The van der Waals surface area contributed by atoms with E-state index in [0.717, 1.165) is 24.3 Å². The van der Waals surface area contributed by atoms with Gasteiger partial charge in [0.05, 0.1) is 12.3 Å². The summed E-state index contributed by atoms with van der Waals surface area (Å²) in [6, 6.07) is 7.52. The van der Waals surface area contributed by atoms with Gasteiger partial charge >= 0.3 is 0 Å². The van der Waals surface area contributed by atoms with Crippen LogP contribution in [0.5, 0.6) is 5.75 Å². The van der Waals surface area contributed by atoms with E-state index in [1.165, 1.54) is 0 Å². The number of hydrogen-bond donors (Lipinski definition) is 1. The molecule has 3 nitrogen and oxygen atoms in total. The van der Waals surface area contributed by atoms with E-state index >= 15 is 0 Å². The maximum absolute atomic E-state index is 11.5. The van der Waals surface area contributed by atoms with E-state index in [9.17, 15) is 4.79 Å². The third kappa shape index (κ3) is 3.93. The van der Waals surface area contributed by atoms with Crippen LogP contribution in [-0.2, 0) is 4.79 Å². The molecule has 0 saturated carbocycles. The van der Waals surface area contributed by atoms with Gasteiger partial charge in [0.25, 0.3) is 0 Å². The van der Waals surface area contributed by atoms with Gasteiger partial charge in [-0.2, -0.15) is 0 Å². The lowest BCUT2D eigenvalue weighted by Crippen LogP contribution is -2.11. The molecule has 3 heteroatoms. The Kier molecular flexibility index (Phi) is 5.40. The van der Waals surface area contributed by atoms with Crippen molar-refractivity contribution in [2.75, 3.05) is 11.9 Å². The summed E-state index contributed by atoms with van der Waals surface area (Å²) in [6.45, 7) is 4.71. The van der Waals surface area contributed by atoms with Gasteiger partial charge in [0, 0.05) is 6.42 Å². The molecule has 0 fully saturated rings. The fraction of sp³-hybridized carbons (Fsp3) is 0.462. The predicted octanol–water partition coefficient (Wildman–Crippen LogP) is 3.21. The standard InChI is InChI=1S/C13H19NO2/c1-3-7-13(15)14-11-8-5-6-9-12(11)16-10-4-2/h5-6,8-9H,3-4,7,10H2,1-2H3,(H,14,15). The molecule has 1 rings (SSSR count). The van der Waals surface area contributed by atoms with E-state index in [-0.39, 0.29) is 5.91 Å². The van der Waals surface area contributed by atoms with Gasteiger partial charge in [-0.15, -0.1) is 0 Å². The smallest absolute Gasteiger partial charge is 0.224 e. The van der Waals surface area contributed by atoms with Crippen molar-refractivity contribution in [3.8, 4) is 5.75 Å². The summed E-state index contributed by atoms with van der Waals surface area (Å²) in [5.41, 5.74) is 0.759. The molecule has 1 aromatic carbocycles. The molecular formula is C13H19NO2. The van der Waals surface area contributed by atoms with E-state index in [4.69, 9.17) is 4.74 Å². The molecule has 0 heterocycles. The Hall–Kier alpha value is -1.51. The normalized spacial score (nSPS) is 9.88. The van der Waals surface area contributed by atoms with Gasteiger partial charge in [0.1, 0.15) is 5.75 Å². The minimum absolute atomic E-state index is 0.0371. The van der Waals surface area contributed by atoms with Crippen LogP contribution in [0.15, 0.2) is 24.3 Å². The van der Waals surface area contributed by atoms with Crippen LogP contribution in [0.2, 0.25) is 0 Å². The van der Waals surface area contributed by atoms with Crippen molar-refractivity contribution >= 4 is 11.6 Å². The molecule has 0 bridgehead atoms. The molecule has 0 aliphatic heterocycles. The Balaban J connectivity index is 2.66. The van der Waals surface area contributed by atoms with Gasteiger partial charge in [-0.05, 0) is 25.0 Å². The number of anilines is 1. The van der Waals surface area contributed by atoms with Crippen molar-refractivity contribution < 1.29 is 9.53 Å². The van der Waals surface area contributed by atoms with Crippen LogP contribution in [0, 0.1) is 0 Å². The Morgan fingerprint density at radius 3 is 2.69 bits per heavy atom. The van der Waals surface area contributed by atoms with Gasteiger partial charge in [-0.3, -0.25) is 4.79 Å². The molecule has 0 radical (unpaired) electrons. The average molecular weight is 221 g/mol. The average Bonchev–Trinajstić information content (AvgIpc) is 2.28. The summed E-state index contributed by atoms with van der Waals surface area (Å²) in [6.07, 6.45) is 2.35. The molecule has 88 valence electrons. The highest BCUT2D eigenvalue weighted by Crippen LogP contribution is 2.23. The monoisotopic (exact) mass is 221 g/mol. The van der Waals surface area contributed by atoms with Crippen molar-refractivity contribution in [3.63, 3.8) is 0 Å². The molecule has 0 spiro atoms. The second-order valence-corrected chi connectivity index (χ2v) is 3.64. The third-order valence-electron chi connectivity index (χ3n) is 2.10. The van der Waals surface area contributed by atoms with E-state index in [1.54, 1.807) is 0 Å². The summed E-state index contributed by atoms with van der Waals surface area (Å²) in [5, 5.41) is 2.86. The number of amides is 1. The van der Waals surface area contributed by atoms with Crippen molar-refractivity contribution in [3.05, 3.63) is 24.3 Å². The van der Waals surface area contributed by atoms with Crippen LogP contribution in [0.25, 0.3) is 0 Å². The summed E-state index contributed by atoms with van der Waals surface area (Å²) in [5.74, 6) is 0.781. The van der Waals surface area contributed by atoms with Gasteiger partial charge in [0.15, 0.2) is 0 Å². The number of ether oxygens (including phenoxy) is 1. The molecule has 0 aromatic heterocycles. The lowest BCUT2D eigenvalue weighted by Gasteiger charge is -2.11. The number of rotatable bonds is 6. The van der Waals surface area contributed by atoms with Gasteiger partial charge in [-0.1, -0.05) is 26.0 Å². The van der Waals surface area contributed by atoms with Crippen LogP contribution in [0.4, 0.5) is 5.69 Å². The molecule has 0 aliphatic carbocycles. The Labute approximate surface area is 96.8 Å². The largest absolute Gasteiger partial charge is 0.491 e. The van der Waals surface area contributed by atoms with Crippen LogP contribution < -0.4 is 10.1 Å². The third-order valence-corrected chi connectivity index (χ3v) is 2.10. The first-order valence-corrected chi connectivity index (χ1v) is 5.79. The summed E-state index contributed by atoms with van der Waals surface area (Å²) >= 11 is 0. The second kappa shape index (κ2) is 6.88. The van der Waals surface area contributed by atoms with Crippen LogP contribution in [-0.4, -0.2) is 12.5 Å². The lowest BCUT2D eigenvalue weighted by atomic mass is 10.2. The first kappa shape index (κ1) is 12.6. The number of carbonyl (C=O) groups is 1. The van der Waals surface area contributed by atoms with Crippen molar-refractivity contribution in [1.29, 1.82) is 0 Å². The number of carbonyl (C=O) groups excluding carboxylic acids is 1. The van der Waals surface area contributed by atoms with Crippen LogP contribution >= 0.6 is 0 Å². The molecule has 1 amide bonds.